The number of hydrogen-bond donors (Lipinski definition) is 2. The van der Waals surface area contributed by atoms with Gasteiger partial charge in [0.05, 0.1) is 13.2 Å². The summed E-state index contributed by atoms with van der Waals surface area (Å²) < 4.78 is 25.4. The van der Waals surface area contributed by atoms with Gasteiger partial charge in [-0.3, -0.25) is 9.89 Å². The third-order valence-corrected chi connectivity index (χ3v) is 6.04. The van der Waals surface area contributed by atoms with E-state index < -0.39 is 5.82 Å². The zero-order valence-corrected chi connectivity index (χ0v) is 17.7. The molecule has 1 aromatic carbocycles. The molecular formula is C22H33FN4O2. The number of halogens is 1. The van der Waals surface area contributed by atoms with Gasteiger partial charge in [-0.1, -0.05) is 13.0 Å². The van der Waals surface area contributed by atoms with Crippen molar-refractivity contribution in [2.75, 3.05) is 26.3 Å². The Bertz CT molecular complexity index is 747. The SMILES string of the molecule is CCOc1cc(CN2CCC(C3(C)C=C(N)C=NC3N)CC2)cc(OCC)c1F. The lowest BCUT2D eigenvalue weighted by atomic mass is 9.69. The summed E-state index contributed by atoms with van der Waals surface area (Å²) in [5, 5.41) is 0. The predicted octanol–water partition coefficient (Wildman–Crippen LogP) is 3.05. The molecule has 160 valence electrons. The van der Waals surface area contributed by atoms with Crippen LogP contribution in [0.5, 0.6) is 11.5 Å². The molecule has 3 rings (SSSR count). The third kappa shape index (κ3) is 4.73. The minimum Gasteiger partial charge on any atom is -0.491 e. The van der Waals surface area contributed by atoms with Gasteiger partial charge in [-0.25, -0.2) is 0 Å². The number of nitrogens with zero attached hydrogens (tertiary/aromatic N) is 2. The lowest BCUT2D eigenvalue weighted by Crippen LogP contribution is -2.48. The number of nitrogens with two attached hydrogens (primary N) is 2. The molecule has 29 heavy (non-hydrogen) atoms. The van der Waals surface area contributed by atoms with Gasteiger partial charge in [-0.05, 0) is 63.4 Å². The summed E-state index contributed by atoms with van der Waals surface area (Å²) in [5.41, 5.74) is 13.7. The van der Waals surface area contributed by atoms with Crippen LogP contribution in [0.2, 0.25) is 0 Å². The molecule has 0 radical (unpaired) electrons. The van der Waals surface area contributed by atoms with Gasteiger partial charge in [0.15, 0.2) is 11.5 Å². The Morgan fingerprint density at radius 1 is 1.17 bits per heavy atom. The van der Waals surface area contributed by atoms with Gasteiger partial charge < -0.3 is 20.9 Å². The van der Waals surface area contributed by atoms with E-state index in [1.807, 2.05) is 13.8 Å². The van der Waals surface area contributed by atoms with E-state index in [-0.39, 0.29) is 23.1 Å². The standard InChI is InChI=1S/C22H33FN4O2/c1-4-28-18-10-15(11-19(20(18)23)29-5-2)14-27-8-6-16(7-9-27)22(3)12-17(24)13-26-21(22)25/h10-13,16,21H,4-9,14,24-25H2,1-3H3. The molecule has 1 aromatic rings. The Balaban J connectivity index is 1.67. The highest BCUT2D eigenvalue weighted by Gasteiger charge is 2.41. The van der Waals surface area contributed by atoms with E-state index in [9.17, 15) is 4.39 Å². The second-order valence-corrected chi connectivity index (χ2v) is 8.06. The van der Waals surface area contributed by atoms with Crippen molar-refractivity contribution in [2.45, 2.75) is 46.3 Å². The van der Waals surface area contributed by atoms with Gasteiger partial charge in [0.2, 0.25) is 5.82 Å². The van der Waals surface area contributed by atoms with E-state index in [2.05, 4.69) is 22.9 Å². The minimum absolute atomic E-state index is 0.217. The van der Waals surface area contributed by atoms with Crippen LogP contribution in [0, 0.1) is 17.2 Å². The fourth-order valence-corrected chi connectivity index (χ4v) is 4.38. The van der Waals surface area contributed by atoms with Gasteiger partial charge in [-0.15, -0.1) is 0 Å². The van der Waals surface area contributed by atoms with Crippen LogP contribution < -0.4 is 20.9 Å². The summed E-state index contributed by atoms with van der Waals surface area (Å²) in [4.78, 5) is 6.75. The second-order valence-electron chi connectivity index (χ2n) is 8.06. The monoisotopic (exact) mass is 404 g/mol. The van der Waals surface area contributed by atoms with Crippen LogP contribution in [0.25, 0.3) is 0 Å². The quantitative estimate of drug-likeness (QED) is 0.729. The van der Waals surface area contributed by atoms with Gasteiger partial charge >= 0.3 is 0 Å². The second kappa shape index (κ2) is 9.13. The third-order valence-electron chi connectivity index (χ3n) is 6.04. The Kier molecular flexibility index (Phi) is 6.80. The van der Waals surface area contributed by atoms with E-state index in [0.717, 1.165) is 38.0 Å². The van der Waals surface area contributed by atoms with E-state index in [0.29, 0.717) is 24.8 Å². The molecule has 2 heterocycles. The molecule has 2 atom stereocenters. The Morgan fingerprint density at radius 2 is 1.76 bits per heavy atom. The van der Waals surface area contributed by atoms with Gasteiger partial charge in [0.25, 0.3) is 0 Å². The first kappa shape index (κ1) is 21.6. The van der Waals surface area contributed by atoms with Crippen molar-refractivity contribution in [1.29, 1.82) is 0 Å². The lowest BCUT2D eigenvalue weighted by molar-refractivity contribution is 0.0973. The number of aliphatic imine (C=N–C) groups is 1. The minimum atomic E-state index is -0.430. The van der Waals surface area contributed by atoms with Crippen molar-refractivity contribution in [3.63, 3.8) is 0 Å². The van der Waals surface area contributed by atoms with Crippen molar-refractivity contribution in [3.05, 3.63) is 35.3 Å². The summed E-state index contributed by atoms with van der Waals surface area (Å²) in [6.45, 7) is 9.28. The molecule has 2 aliphatic rings. The average Bonchev–Trinajstić information content (AvgIpc) is 2.69. The fourth-order valence-electron chi connectivity index (χ4n) is 4.38. The van der Waals surface area contributed by atoms with Crippen LogP contribution in [-0.4, -0.2) is 43.6 Å². The summed E-state index contributed by atoms with van der Waals surface area (Å²) >= 11 is 0. The molecule has 0 saturated carbocycles. The highest BCUT2D eigenvalue weighted by atomic mass is 19.1. The maximum absolute atomic E-state index is 14.5. The van der Waals surface area contributed by atoms with Crippen LogP contribution in [0.15, 0.2) is 28.9 Å². The number of benzene rings is 1. The van der Waals surface area contributed by atoms with Crippen molar-refractivity contribution in [3.8, 4) is 11.5 Å². The largest absolute Gasteiger partial charge is 0.491 e. The normalized spacial score (nSPS) is 25.7. The molecule has 0 spiro atoms. The summed E-state index contributed by atoms with van der Waals surface area (Å²) in [6.07, 6.45) is 5.50. The topological polar surface area (TPSA) is 86.1 Å². The van der Waals surface area contributed by atoms with Crippen molar-refractivity contribution in [2.24, 2.45) is 27.8 Å². The van der Waals surface area contributed by atoms with Crippen molar-refractivity contribution >= 4 is 6.21 Å². The molecule has 0 aromatic heterocycles. The summed E-state index contributed by atoms with van der Waals surface area (Å²) in [6, 6.07) is 3.56. The molecule has 1 fully saturated rings. The van der Waals surface area contributed by atoms with Crippen LogP contribution >= 0.6 is 0 Å². The highest BCUT2D eigenvalue weighted by Crippen LogP contribution is 2.41. The number of likely N-dealkylation sites (tertiary alicyclic amines) is 1. The van der Waals surface area contributed by atoms with E-state index in [4.69, 9.17) is 20.9 Å². The van der Waals surface area contributed by atoms with E-state index in [1.54, 1.807) is 18.3 Å². The Labute approximate surface area is 172 Å². The first-order valence-corrected chi connectivity index (χ1v) is 10.4. The first-order chi connectivity index (χ1) is 13.9. The summed E-state index contributed by atoms with van der Waals surface area (Å²) in [5.74, 6) is 0.501. The number of ether oxygens (including phenoxy) is 2. The number of hydrogen-bond acceptors (Lipinski definition) is 6. The number of dihydropyridines is 1. The molecule has 0 amide bonds. The molecule has 7 heteroatoms. The van der Waals surface area contributed by atoms with E-state index in [1.165, 1.54) is 0 Å². The maximum atomic E-state index is 14.5. The molecule has 2 aliphatic heterocycles. The molecular weight excluding hydrogens is 371 g/mol. The van der Waals surface area contributed by atoms with Crippen LogP contribution in [0.1, 0.15) is 39.2 Å². The lowest BCUT2D eigenvalue weighted by Gasteiger charge is -2.44. The maximum Gasteiger partial charge on any atom is 0.206 e. The predicted molar refractivity (Wildman–Crippen MR) is 114 cm³/mol. The van der Waals surface area contributed by atoms with Crippen molar-refractivity contribution < 1.29 is 13.9 Å². The molecule has 0 aliphatic carbocycles. The van der Waals surface area contributed by atoms with Gasteiger partial charge in [0.1, 0.15) is 6.17 Å². The smallest absolute Gasteiger partial charge is 0.206 e. The first-order valence-electron chi connectivity index (χ1n) is 10.4. The molecule has 2 unspecified atom stereocenters. The average molecular weight is 405 g/mol. The van der Waals surface area contributed by atoms with Crippen LogP contribution in [0.3, 0.4) is 0 Å². The zero-order chi connectivity index (χ0) is 21.0. The number of allylic oxidation sites excluding steroid dienone is 1. The van der Waals surface area contributed by atoms with Crippen LogP contribution in [0.4, 0.5) is 4.39 Å². The highest BCUT2D eigenvalue weighted by molar-refractivity contribution is 5.78. The van der Waals surface area contributed by atoms with E-state index >= 15 is 0 Å². The van der Waals surface area contributed by atoms with Crippen LogP contribution in [-0.2, 0) is 6.54 Å². The molecule has 0 bridgehead atoms. The van der Waals surface area contributed by atoms with Crippen molar-refractivity contribution in [1.82, 2.24) is 4.90 Å². The van der Waals surface area contributed by atoms with Gasteiger partial charge in [0, 0.05) is 23.9 Å². The number of piperidine rings is 1. The number of rotatable bonds is 7. The Morgan fingerprint density at radius 3 is 2.31 bits per heavy atom. The Hall–Kier alpha value is -2.12. The summed E-state index contributed by atoms with van der Waals surface area (Å²) in [7, 11) is 0. The zero-order valence-electron chi connectivity index (χ0n) is 17.7. The molecule has 4 N–H and O–H groups in total. The fraction of sp³-hybridized carbons (Fsp3) is 0.591. The molecule has 6 nitrogen and oxygen atoms in total. The van der Waals surface area contributed by atoms with Gasteiger partial charge in [-0.2, -0.15) is 4.39 Å². The molecule has 1 saturated heterocycles.